The third-order valence-corrected chi connectivity index (χ3v) is 1.85. The van der Waals surface area contributed by atoms with E-state index in [9.17, 15) is 0 Å². The second kappa shape index (κ2) is 10.5. The molecule has 0 unspecified atom stereocenters. The topological polar surface area (TPSA) is 9.23 Å². The molecule has 0 radical (unpaired) electrons. The SMILES string of the molecule is C/C=C\OCCCCCCCC. The summed E-state index contributed by atoms with van der Waals surface area (Å²) in [5, 5.41) is 0. The molecule has 0 aromatic carbocycles. The zero-order valence-corrected chi connectivity index (χ0v) is 8.51. The third-order valence-electron chi connectivity index (χ3n) is 1.85. The molecule has 0 amide bonds. The molecule has 1 heteroatoms. The summed E-state index contributed by atoms with van der Waals surface area (Å²) in [4.78, 5) is 0. The highest BCUT2D eigenvalue weighted by Crippen LogP contribution is 2.04. The van der Waals surface area contributed by atoms with Crippen LogP contribution in [-0.4, -0.2) is 6.61 Å². The van der Waals surface area contributed by atoms with E-state index >= 15 is 0 Å². The van der Waals surface area contributed by atoms with Gasteiger partial charge >= 0.3 is 0 Å². The van der Waals surface area contributed by atoms with E-state index < -0.39 is 0 Å². The Morgan fingerprint density at radius 2 is 1.67 bits per heavy atom. The van der Waals surface area contributed by atoms with E-state index in [-0.39, 0.29) is 0 Å². The first kappa shape index (κ1) is 11.5. The van der Waals surface area contributed by atoms with E-state index in [2.05, 4.69) is 6.92 Å². The molecule has 0 heterocycles. The van der Waals surface area contributed by atoms with Crippen LogP contribution in [0.15, 0.2) is 12.3 Å². The van der Waals surface area contributed by atoms with E-state index in [0.29, 0.717) is 0 Å². The molecule has 0 aromatic heterocycles. The minimum Gasteiger partial charge on any atom is -0.502 e. The second-order valence-electron chi connectivity index (χ2n) is 3.11. The standard InChI is InChI=1S/C11H22O/c1-3-5-6-7-8-9-11-12-10-4-2/h4,10H,3,5-9,11H2,1-2H3/b10-4-. The highest BCUT2D eigenvalue weighted by atomic mass is 16.5. The summed E-state index contributed by atoms with van der Waals surface area (Å²) in [7, 11) is 0. The summed E-state index contributed by atoms with van der Waals surface area (Å²) in [6, 6.07) is 0. The Morgan fingerprint density at radius 3 is 2.33 bits per heavy atom. The number of ether oxygens (including phenoxy) is 1. The lowest BCUT2D eigenvalue weighted by Gasteiger charge is -2.00. The molecule has 0 atom stereocenters. The Morgan fingerprint density at radius 1 is 1.00 bits per heavy atom. The summed E-state index contributed by atoms with van der Waals surface area (Å²) in [6.45, 7) is 5.10. The maximum absolute atomic E-state index is 5.21. The smallest absolute Gasteiger partial charge is 0.0873 e. The highest BCUT2D eigenvalue weighted by molar-refractivity contribution is 4.64. The molecule has 0 rings (SSSR count). The largest absolute Gasteiger partial charge is 0.502 e. The van der Waals surface area contributed by atoms with Crippen molar-refractivity contribution >= 4 is 0 Å². The quantitative estimate of drug-likeness (QED) is 0.396. The maximum Gasteiger partial charge on any atom is 0.0873 e. The van der Waals surface area contributed by atoms with Gasteiger partial charge in [-0.2, -0.15) is 0 Å². The first-order chi connectivity index (χ1) is 5.91. The average molecular weight is 170 g/mol. The molecule has 0 bridgehead atoms. The lowest BCUT2D eigenvalue weighted by Crippen LogP contribution is -1.87. The van der Waals surface area contributed by atoms with Gasteiger partial charge in [0.1, 0.15) is 0 Å². The second-order valence-corrected chi connectivity index (χ2v) is 3.11. The van der Waals surface area contributed by atoms with Crippen molar-refractivity contribution in [2.75, 3.05) is 6.61 Å². The Labute approximate surface area is 76.8 Å². The zero-order chi connectivity index (χ0) is 9.07. The third kappa shape index (κ3) is 9.54. The molecular weight excluding hydrogens is 148 g/mol. The summed E-state index contributed by atoms with van der Waals surface area (Å²) in [6.07, 6.45) is 11.7. The van der Waals surface area contributed by atoms with Crippen LogP contribution in [0.1, 0.15) is 52.4 Å². The van der Waals surface area contributed by atoms with E-state index in [1.165, 1.54) is 38.5 Å². The van der Waals surface area contributed by atoms with Crippen LogP contribution in [0.2, 0.25) is 0 Å². The molecule has 12 heavy (non-hydrogen) atoms. The van der Waals surface area contributed by atoms with Crippen LogP contribution in [0, 0.1) is 0 Å². The number of rotatable bonds is 8. The predicted octanol–water partition coefficient (Wildman–Crippen LogP) is 3.90. The van der Waals surface area contributed by atoms with Crippen molar-refractivity contribution in [3.05, 3.63) is 12.3 Å². The van der Waals surface area contributed by atoms with Crippen LogP contribution in [-0.2, 0) is 4.74 Å². The van der Waals surface area contributed by atoms with Gasteiger partial charge in [-0.05, 0) is 13.3 Å². The van der Waals surface area contributed by atoms with Gasteiger partial charge in [-0.3, -0.25) is 0 Å². The lowest BCUT2D eigenvalue weighted by atomic mass is 10.1. The number of unbranched alkanes of at least 4 members (excludes halogenated alkanes) is 5. The number of allylic oxidation sites excluding steroid dienone is 1. The first-order valence-electron chi connectivity index (χ1n) is 5.14. The fraction of sp³-hybridized carbons (Fsp3) is 0.818. The Balaban J connectivity index is 2.81. The molecule has 1 nitrogen and oxygen atoms in total. The van der Waals surface area contributed by atoms with Crippen molar-refractivity contribution in [3.63, 3.8) is 0 Å². The molecule has 0 N–H and O–H groups in total. The molecule has 0 aromatic rings. The molecule has 0 fully saturated rings. The minimum atomic E-state index is 0.885. The molecule has 0 aliphatic rings. The van der Waals surface area contributed by atoms with Gasteiger partial charge in [0.2, 0.25) is 0 Å². The van der Waals surface area contributed by atoms with E-state index in [0.717, 1.165) is 6.61 Å². The molecule has 0 aliphatic heterocycles. The van der Waals surface area contributed by atoms with Gasteiger partial charge in [0.05, 0.1) is 12.9 Å². The Bertz CT molecular complexity index is 97.2. The van der Waals surface area contributed by atoms with Crippen molar-refractivity contribution in [2.45, 2.75) is 52.4 Å². The van der Waals surface area contributed by atoms with Gasteiger partial charge in [0.25, 0.3) is 0 Å². The van der Waals surface area contributed by atoms with Crippen molar-refractivity contribution in [2.24, 2.45) is 0 Å². The van der Waals surface area contributed by atoms with Crippen molar-refractivity contribution in [1.82, 2.24) is 0 Å². The van der Waals surface area contributed by atoms with Crippen LogP contribution >= 0.6 is 0 Å². The average Bonchev–Trinajstić information content (AvgIpc) is 2.10. The zero-order valence-electron chi connectivity index (χ0n) is 8.51. The van der Waals surface area contributed by atoms with Crippen LogP contribution in [0.3, 0.4) is 0 Å². The normalized spacial score (nSPS) is 10.8. The predicted molar refractivity (Wildman–Crippen MR) is 54.1 cm³/mol. The van der Waals surface area contributed by atoms with Crippen LogP contribution < -0.4 is 0 Å². The van der Waals surface area contributed by atoms with Gasteiger partial charge in [0.15, 0.2) is 0 Å². The maximum atomic E-state index is 5.21. The highest BCUT2D eigenvalue weighted by Gasteiger charge is 1.88. The molecule has 0 aliphatic carbocycles. The van der Waals surface area contributed by atoms with Gasteiger partial charge in [-0.25, -0.2) is 0 Å². The summed E-state index contributed by atoms with van der Waals surface area (Å²) in [5.41, 5.74) is 0. The summed E-state index contributed by atoms with van der Waals surface area (Å²) >= 11 is 0. The van der Waals surface area contributed by atoms with E-state index in [1.54, 1.807) is 6.26 Å². The van der Waals surface area contributed by atoms with Crippen LogP contribution in [0.5, 0.6) is 0 Å². The summed E-state index contributed by atoms with van der Waals surface area (Å²) < 4.78 is 5.21. The fourth-order valence-corrected chi connectivity index (χ4v) is 1.13. The number of hydrogen-bond donors (Lipinski definition) is 0. The van der Waals surface area contributed by atoms with Crippen molar-refractivity contribution in [3.8, 4) is 0 Å². The van der Waals surface area contributed by atoms with Crippen molar-refractivity contribution < 1.29 is 4.74 Å². The molecule has 0 saturated heterocycles. The lowest BCUT2D eigenvalue weighted by molar-refractivity contribution is 0.240. The Kier molecular flexibility index (Phi) is 10.1. The van der Waals surface area contributed by atoms with Gasteiger partial charge in [-0.15, -0.1) is 0 Å². The van der Waals surface area contributed by atoms with E-state index in [4.69, 9.17) is 4.74 Å². The van der Waals surface area contributed by atoms with Crippen molar-refractivity contribution in [1.29, 1.82) is 0 Å². The van der Waals surface area contributed by atoms with Crippen LogP contribution in [0.4, 0.5) is 0 Å². The molecule has 72 valence electrons. The minimum absolute atomic E-state index is 0.885. The monoisotopic (exact) mass is 170 g/mol. The molecule has 0 spiro atoms. The van der Waals surface area contributed by atoms with E-state index in [1.807, 2.05) is 13.0 Å². The first-order valence-corrected chi connectivity index (χ1v) is 5.14. The number of hydrogen-bond acceptors (Lipinski definition) is 1. The van der Waals surface area contributed by atoms with Gasteiger partial charge in [-0.1, -0.05) is 45.1 Å². The van der Waals surface area contributed by atoms with Gasteiger partial charge in [0, 0.05) is 0 Å². The molecule has 0 saturated carbocycles. The fourth-order valence-electron chi connectivity index (χ4n) is 1.13. The summed E-state index contributed by atoms with van der Waals surface area (Å²) in [5.74, 6) is 0. The Hall–Kier alpha value is -0.460. The van der Waals surface area contributed by atoms with Crippen LogP contribution in [0.25, 0.3) is 0 Å². The van der Waals surface area contributed by atoms with Gasteiger partial charge < -0.3 is 4.74 Å². The molecular formula is C11H22O.